The summed E-state index contributed by atoms with van der Waals surface area (Å²) < 4.78 is 38.0. The van der Waals surface area contributed by atoms with Crippen molar-refractivity contribution in [1.82, 2.24) is 0 Å². The zero-order chi connectivity index (χ0) is 14.5. The number of benzene rings is 1. The van der Waals surface area contributed by atoms with Gasteiger partial charge in [0.05, 0.1) is 16.3 Å². The highest BCUT2D eigenvalue weighted by atomic mass is 35.5. The Kier molecular flexibility index (Phi) is 5.98. The van der Waals surface area contributed by atoms with Gasteiger partial charge in [-0.25, -0.2) is 0 Å². The van der Waals surface area contributed by atoms with Crippen molar-refractivity contribution in [1.29, 1.82) is 0 Å². The molecule has 0 heterocycles. The monoisotopic (exact) mass is 293 g/mol. The van der Waals surface area contributed by atoms with Crippen molar-refractivity contribution in [2.75, 3.05) is 5.32 Å². The van der Waals surface area contributed by atoms with Gasteiger partial charge in [-0.15, -0.1) is 0 Å². The lowest BCUT2D eigenvalue weighted by atomic mass is 10.1. The molecule has 0 aromatic heterocycles. The van der Waals surface area contributed by atoms with Crippen molar-refractivity contribution in [3.8, 4) is 0 Å². The summed E-state index contributed by atoms with van der Waals surface area (Å²) >= 11 is 5.96. The fourth-order valence-corrected chi connectivity index (χ4v) is 2.19. The summed E-state index contributed by atoms with van der Waals surface area (Å²) in [6, 6.07) is 3.54. The molecule has 0 spiro atoms. The lowest BCUT2D eigenvalue weighted by molar-refractivity contribution is -0.137. The molecule has 0 unspecified atom stereocenters. The van der Waals surface area contributed by atoms with Crippen LogP contribution >= 0.6 is 11.6 Å². The Balaban J connectivity index is 2.92. The first-order valence-electron chi connectivity index (χ1n) is 6.51. The Morgan fingerprint density at radius 1 is 1.16 bits per heavy atom. The molecule has 0 aliphatic carbocycles. The number of nitrogens with one attached hydrogen (secondary N) is 1. The van der Waals surface area contributed by atoms with Gasteiger partial charge in [0, 0.05) is 6.04 Å². The van der Waals surface area contributed by atoms with Crippen LogP contribution in [-0.4, -0.2) is 6.04 Å². The van der Waals surface area contributed by atoms with Crippen LogP contribution in [0.3, 0.4) is 0 Å². The molecule has 0 radical (unpaired) electrons. The van der Waals surface area contributed by atoms with E-state index in [-0.39, 0.29) is 6.04 Å². The summed E-state index contributed by atoms with van der Waals surface area (Å²) in [6.07, 6.45) is -0.546. The number of rotatable bonds is 6. The minimum Gasteiger partial charge on any atom is -0.381 e. The van der Waals surface area contributed by atoms with Crippen LogP contribution < -0.4 is 5.32 Å². The van der Waals surface area contributed by atoms with Gasteiger partial charge in [0.25, 0.3) is 0 Å². The Morgan fingerprint density at radius 2 is 1.74 bits per heavy atom. The molecule has 0 saturated heterocycles. The van der Waals surface area contributed by atoms with E-state index in [1.54, 1.807) is 0 Å². The molecule has 1 aromatic carbocycles. The van der Waals surface area contributed by atoms with Crippen molar-refractivity contribution in [2.45, 2.75) is 51.7 Å². The van der Waals surface area contributed by atoms with Crippen molar-refractivity contribution in [3.63, 3.8) is 0 Å². The van der Waals surface area contributed by atoms with Gasteiger partial charge in [-0.05, 0) is 31.0 Å². The number of hydrogen-bond donors (Lipinski definition) is 1. The third kappa shape index (κ3) is 4.94. The Morgan fingerprint density at radius 3 is 2.21 bits per heavy atom. The van der Waals surface area contributed by atoms with Crippen LogP contribution in [0.5, 0.6) is 0 Å². The van der Waals surface area contributed by atoms with Gasteiger partial charge in [-0.3, -0.25) is 0 Å². The van der Waals surface area contributed by atoms with Gasteiger partial charge >= 0.3 is 6.18 Å². The lowest BCUT2D eigenvalue weighted by Gasteiger charge is -2.20. The number of anilines is 1. The summed E-state index contributed by atoms with van der Waals surface area (Å²) in [5.41, 5.74) is -0.311. The first-order valence-corrected chi connectivity index (χ1v) is 6.89. The Bertz CT molecular complexity index is 398. The van der Waals surface area contributed by atoms with Crippen molar-refractivity contribution < 1.29 is 13.2 Å². The van der Waals surface area contributed by atoms with Crippen LogP contribution in [-0.2, 0) is 6.18 Å². The molecule has 1 aromatic rings. The summed E-state index contributed by atoms with van der Waals surface area (Å²) in [6.45, 7) is 4.11. The van der Waals surface area contributed by atoms with Crippen LogP contribution in [0.1, 0.15) is 45.1 Å². The average molecular weight is 294 g/mol. The molecule has 1 N–H and O–H groups in total. The average Bonchev–Trinajstić information content (AvgIpc) is 2.31. The molecule has 0 saturated carbocycles. The molecular formula is C14H19ClF3N. The number of hydrogen-bond acceptors (Lipinski definition) is 1. The second-order valence-electron chi connectivity index (χ2n) is 4.61. The first kappa shape index (κ1) is 16.2. The molecule has 5 heteroatoms. The predicted molar refractivity (Wildman–Crippen MR) is 73.7 cm³/mol. The normalized spacial score (nSPS) is 11.9. The van der Waals surface area contributed by atoms with E-state index < -0.39 is 11.7 Å². The van der Waals surface area contributed by atoms with Gasteiger partial charge in [0.2, 0.25) is 0 Å². The predicted octanol–water partition coefficient (Wildman–Crippen LogP) is 5.74. The summed E-state index contributed by atoms with van der Waals surface area (Å²) in [4.78, 5) is 0. The van der Waals surface area contributed by atoms with E-state index >= 15 is 0 Å². The zero-order valence-electron chi connectivity index (χ0n) is 11.1. The summed E-state index contributed by atoms with van der Waals surface area (Å²) in [5.74, 6) is 0. The quantitative estimate of drug-likeness (QED) is 0.705. The maximum absolute atomic E-state index is 12.7. The SMILES string of the molecule is CCCC(CCC)Nc1cc(C(F)(F)F)ccc1Cl. The largest absolute Gasteiger partial charge is 0.416 e. The van der Waals surface area contributed by atoms with E-state index in [2.05, 4.69) is 19.2 Å². The first-order chi connectivity index (χ1) is 8.88. The van der Waals surface area contributed by atoms with Crippen molar-refractivity contribution >= 4 is 17.3 Å². The third-order valence-corrected chi connectivity index (χ3v) is 3.26. The van der Waals surface area contributed by atoms with Crippen molar-refractivity contribution in [3.05, 3.63) is 28.8 Å². The highest BCUT2D eigenvalue weighted by Gasteiger charge is 2.31. The molecule has 1 nitrogen and oxygen atoms in total. The minimum atomic E-state index is -4.34. The third-order valence-electron chi connectivity index (χ3n) is 2.93. The maximum Gasteiger partial charge on any atom is 0.416 e. The maximum atomic E-state index is 12.7. The lowest BCUT2D eigenvalue weighted by Crippen LogP contribution is -2.19. The zero-order valence-corrected chi connectivity index (χ0v) is 11.9. The van der Waals surface area contributed by atoms with Crippen LogP contribution in [0.15, 0.2) is 18.2 Å². The van der Waals surface area contributed by atoms with E-state index in [1.807, 2.05) is 0 Å². The van der Waals surface area contributed by atoms with E-state index in [0.717, 1.165) is 37.8 Å². The van der Waals surface area contributed by atoms with Crippen LogP contribution in [0.4, 0.5) is 18.9 Å². The highest BCUT2D eigenvalue weighted by molar-refractivity contribution is 6.33. The van der Waals surface area contributed by atoms with E-state index in [9.17, 15) is 13.2 Å². The number of alkyl halides is 3. The van der Waals surface area contributed by atoms with E-state index in [1.165, 1.54) is 6.07 Å². The van der Waals surface area contributed by atoms with Crippen LogP contribution in [0.2, 0.25) is 5.02 Å². The van der Waals surface area contributed by atoms with E-state index in [4.69, 9.17) is 11.6 Å². The molecule has 0 aliphatic rings. The molecule has 0 aliphatic heterocycles. The molecule has 0 fully saturated rings. The molecule has 0 atom stereocenters. The van der Waals surface area contributed by atoms with E-state index in [0.29, 0.717) is 10.7 Å². The van der Waals surface area contributed by atoms with Gasteiger partial charge in [0.15, 0.2) is 0 Å². The standard InChI is InChI=1S/C14H19ClF3N/c1-3-5-11(6-4-2)19-13-9-10(14(16,17)18)7-8-12(13)15/h7-9,11,19H,3-6H2,1-2H3. The Labute approximate surface area is 117 Å². The minimum absolute atomic E-state index is 0.163. The molecule has 0 amide bonds. The molecule has 0 bridgehead atoms. The molecule has 108 valence electrons. The van der Waals surface area contributed by atoms with Gasteiger partial charge in [-0.1, -0.05) is 38.3 Å². The second-order valence-corrected chi connectivity index (χ2v) is 5.02. The van der Waals surface area contributed by atoms with Crippen LogP contribution in [0, 0.1) is 0 Å². The molecular weight excluding hydrogens is 275 g/mol. The highest BCUT2D eigenvalue weighted by Crippen LogP contribution is 2.34. The summed E-state index contributed by atoms with van der Waals surface area (Å²) in [7, 11) is 0. The Hall–Kier alpha value is -0.900. The smallest absolute Gasteiger partial charge is 0.381 e. The van der Waals surface area contributed by atoms with Crippen molar-refractivity contribution in [2.24, 2.45) is 0 Å². The van der Waals surface area contributed by atoms with Crippen LogP contribution in [0.25, 0.3) is 0 Å². The number of halogens is 4. The van der Waals surface area contributed by atoms with Gasteiger partial charge in [0.1, 0.15) is 0 Å². The topological polar surface area (TPSA) is 12.0 Å². The fraction of sp³-hybridized carbons (Fsp3) is 0.571. The molecule has 19 heavy (non-hydrogen) atoms. The summed E-state index contributed by atoms with van der Waals surface area (Å²) in [5, 5.41) is 3.45. The van der Waals surface area contributed by atoms with Gasteiger partial charge in [-0.2, -0.15) is 13.2 Å². The second kappa shape index (κ2) is 7.04. The molecule has 1 rings (SSSR count). The van der Waals surface area contributed by atoms with Gasteiger partial charge < -0.3 is 5.32 Å². The fourth-order valence-electron chi connectivity index (χ4n) is 2.02.